The molecule has 1 saturated heterocycles. The van der Waals surface area contributed by atoms with Crippen molar-refractivity contribution in [2.24, 2.45) is 5.41 Å². The number of carbonyl (C=O) groups excluding carboxylic acids is 1. The van der Waals surface area contributed by atoms with E-state index >= 15 is 0 Å². The number of aromatic nitrogens is 1. The predicted molar refractivity (Wildman–Crippen MR) is 104 cm³/mol. The number of rotatable bonds is 6. The Morgan fingerprint density at radius 2 is 1.93 bits per heavy atom. The third-order valence-corrected chi connectivity index (χ3v) is 6.08. The largest absolute Gasteiger partial charge is 0.380 e. The van der Waals surface area contributed by atoms with Gasteiger partial charge in [-0.1, -0.05) is 13.0 Å². The van der Waals surface area contributed by atoms with Crippen LogP contribution in [0.5, 0.6) is 0 Å². The average Bonchev–Trinajstić information content (AvgIpc) is 2.56. The normalized spacial score (nSPS) is 15.7. The summed E-state index contributed by atoms with van der Waals surface area (Å²) in [4.78, 5) is 16.5. The van der Waals surface area contributed by atoms with E-state index in [1.54, 1.807) is 0 Å². The molecule has 3 rings (SSSR count). The predicted octanol–water partition coefficient (Wildman–Crippen LogP) is 2.73. The van der Waals surface area contributed by atoms with Gasteiger partial charge in [0, 0.05) is 22.9 Å². The van der Waals surface area contributed by atoms with Gasteiger partial charge in [0.05, 0.1) is 19.0 Å². The second-order valence-electron chi connectivity index (χ2n) is 7.35. The lowest BCUT2D eigenvalue weighted by atomic mass is 9.92. The molecule has 1 aromatic carbocycles. The van der Waals surface area contributed by atoms with E-state index in [9.17, 15) is 13.2 Å². The number of hydrogen-bond acceptors (Lipinski definition) is 5. The molecule has 144 valence electrons. The van der Waals surface area contributed by atoms with E-state index < -0.39 is 10.0 Å². The quantitative estimate of drug-likeness (QED) is 0.792. The van der Waals surface area contributed by atoms with Crippen LogP contribution in [0.3, 0.4) is 0 Å². The Morgan fingerprint density at radius 3 is 2.56 bits per heavy atom. The number of sulfonamides is 1. The lowest BCUT2D eigenvalue weighted by molar-refractivity contribution is -0.0869. The number of aryl methyl sites for hydroxylation is 2. The van der Waals surface area contributed by atoms with Gasteiger partial charge in [-0.2, -0.15) is 0 Å². The van der Waals surface area contributed by atoms with Crippen LogP contribution in [0.1, 0.15) is 28.4 Å². The van der Waals surface area contributed by atoms with E-state index in [2.05, 4.69) is 15.0 Å². The molecule has 2 N–H and O–H groups in total. The molecule has 27 heavy (non-hydrogen) atoms. The van der Waals surface area contributed by atoms with Gasteiger partial charge in [0.2, 0.25) is 10.0 Å². The minimum absolute atomic E-state index is 0.0548. The lowest BCUT2D eigenvalue weighted by Crippen LogP contribution is -2.46. The van der Waals surface area contributed by atoms with Crippen LogP contribution in [0, 0.1) is 19.3 Å². The van der Waals surface area contributed by atoms with Crippen molar-refractivity contribution in [3.05, 3.63) is 53.2 Å². The van der Waals surface area contributed by atoms with Crippen molar-refractivity contribution in [2.75, 3.05) is 29.0 Å². The third-order valence-electron chi connectivity index (χ3n) is 4.49. The van der Waals surface area contributed by atoms with Gasteiger partial charge in [-0.05, 0) is 49.2 Å². The molecular weight excluding hydrogens is 366 g/mol. The molecule has 0 unspecified atom stereocenters. The molecule has 0 bridgehead atoms. The van der Waals surface area contributed by atoms with Crippen LogP contribution in [0.15, 0.2) is 36.5 Å². The van der Waals surface area contributed by atoms with E-state index in [1.165, 1.54) is 18.3 Å². The first-order valence-electron chi connectivity index (χ1n) is 8.59. The highest BCUT2D eigenvalue weighted by molar-refractivity contribution is 7.92. The molecular formula is C19H23N3O4S. The Bertz CT molecular complexity index is 969. The van der Waals surface area contributed by atoms with Gasteiger partial charge in [-0.25, -0.2) is 13.4 Å². The Hall–Kier alpha value is -2.45. The second-order valence-corrected chi connectivity index (χ2v) is 9.07. The summed E-state index contributed by atoms with van der Waals surface area (Å²) in [6.07, 6.45) is 1.40. The van der Waals surface area contributed by atoms with Crippen LogP contribution >= 0.6 is 0 Å². The maximum Gasteiger partial charge on any atom is 0.255 e. The molecule has 7 nitrogen and oxygen atoms in total. The Morgan fingerprint density at radius 1 is 1.19 bits per heavy atom. The van der Waals surface area contributed by atoms with Gasteiger partial charge in [-0.3, -0.25) is 9.52 Å². The number of nitrogens with zero attached hydrogens (tertiary/aromatic N) is 1. The van der Waals surface area contributed by atoms with Crippen LogP contribution in [0.4, 0.5) is 11.5 Å². The number of benzene rings is 1. The second kappa shape index (κ2) is 7.28. The van der Waals surface area contributed by atoms with E-state index in [0.717, 1.165) is 11.1 Å². The van der Waals surface area contributed by atoms with E-state index in [0.29, 0.717) is 24.5 Å². The number of pyridine rings is 1. The summed E-state index contributed by atoms with van der Waals surface area (Å²) in [5.74, 6) is -0.271. The number of carbonyl (C=O) groups is 1. The van der Waals surface area contributed by atoms with Gasteiger partial charge >= 0.3 is 0 Å². The van der Waals surface area contributed by atoms with Crippen molar-refractivity contribution in [1.29, 1.82) is 0 Å². The monoisotopic (exact) mass is 389 g/mol. The summed E-state index contributed by atoms with van der Waals surface area (Å²) in [6.45, 7) is 6.66. The summed E-state index contributed by atoms with van der Waals surface area (Å²) in [6, 6.07) is 8.61. The molecule has 0 saturated carbocycles. The molecule has 0 radical (unpaired) electrons. The van der Waals surface area contributed by atoms with E-state index in [-0.39, 0.29) is 22.9 Å². The topological polar surface area (TPSA) is 97.4 Å². The number of ether oxygens (including phenoxy) is 1. The Kier molecular flexibility index (Phi) is 5.21. The number of nitrogens with one attached hydrogen (secondary N) is 2. The molecule has 1 aliphatic heterocycles. The van der Waals surface area contributed by atoms with Crippen LogP contribution in [-0.2, 0) is 14.8 Å². The number of amides is 1. The van der Waals surface area contributed by atoms with Crippen molar-refractivity contribution in [3.63, 3.8) is 0 Å². The molecule has 1 amide bonds. The summed E-state index contributed by atoms with van der Waals surface area (Å²) in [7, 11) is -3.59. The molecule has 0 aliphatic carbocycles. The minimum atomic E-state index is -3.59. The fraction of sp³-hybridized carbons (Fsp3) is 0.368. The van der Waals surface area contributed by atoms with Gasteiger partial charge in [0.1, 0.15) is 5.82 Å². The van der Waals surface area contributed by atoms with Crippen molar-refractivity contribution < 1.29 is 17.9 Å². The molecule has 1 fully saturated rings. The fourth-order valence-electron chi connectivity index (χ4n) is 2.84. The van der Waals surface area contributed by atoms with Gasteiger partial charge < -0.3 is 10.1 Å². The highest BCUT2D eigenvalue weighted by Gasteiger charge is 2.38. The molecule has 0 atom stereocenters. The lowest BCUT2D eigenvalue weighted by Gasteiger charge is -2.37. The van der Waals surface area contributed by atoms with Crippen molar-refractivity contribution >= 4 is 27.4 Å². The zero-order valence-corrected chi connectivity index (χ0v) is 16.4. The number of hydrogen-bond donors (Lipinski definition) is 2. The molecule has 0 spiro atoms. The summed E-state index contributed by atoms with van der Waals surface area (Å²) in [5, 5.41) is 2.81. The zero-order valence-electron chi connectivity index (χ0n) is 15.6. The standard InChI is InChI=1S/C19H23N3O4S/c1-13-4-5-16(8-14(13)2)21-18(23)15-6-7-20-17(9-15)22-27(24,25)12-19(3)10-26-11-19/h4-9H,10-12H2,1-3H3,(H,20,22)(H,21,23). The van der Waals surface area contributed by atoms with Crippen molar-refractivity contribution in [2.45, 2.75) is 20.8 Å². The van der Waals surface area contributed by atoms with Crippen LogP contribution in [-0.4, -0.2) is 38.3 Å². The molecule has 2 heterocycles. The molecule has 8 heteroatoms. The molecule has 1 aromatic heterocycles. The van der Waals surface area contributed by atoms with Crippen LogP contribution in [0.2, 0.25) is 0 Å². The SMILES string of the molecule is Cc1ccc(NC(=O)c2ccnc(NS(=O)(=O)CC3(C)COC3)c2)cc1C. The molecule has 1 aliphatic rings. The third kappa shape index (κ3) is 4.84. The summed E-state index contributed by atoms with van der Waals surface area (Å²) < 4.78 is 32.2. The highest BCUT2D eigenvalue weighted by atomic mass is 32.2. The fourth-order valence-corrected chi connectivity index (χ4v) is 4.42. The van der Waals surface area contributed by atoms with Crippen molar-refractivity contribution in [3.8, 4) is 0 Å². The van der Waals surface area contributed by atoms with Crippen LogP contribution < -0.4 is 10.0 Å². The Balaban J connectivity index is 1.70. The van der Waals surface area contributed by atoms with E-state index in [4.69, 9.17) is 4.74 Å². The minimum Gasteiger partial charge on any atom is -0.380 e. The smallest absolute Gasteiger partial charge is 0.255 e. The van der Waals surface area contributed by atoms with Crippen LogP contribution in [0.25, 0.3) is 0 Å². The van der Waals surface area contributed by atoms with Gasteiger partial charge in [0.15, 0.2) is 0 Å². The molecule has 2 aromatic rings. The van der Waals surface area contributed by atoms with E-state index in [1.807, 2.05) is 39.0 Å². The average molecular weight is 389 g/mol. The zero-order chi connectivity index (χ0) is 19.7. The first-order valence-corrected chi connectivity index (χ1v) is 10.2. The highest BCUT2D eigenvalue weighted by Crippen LogP contribution is 2.28. The number of anilines is 2. The summed E-state index contributed by atoms with van der Waals surface area (Å²) >= 11 is 0. The summed E-state index contributed by atoms with van der Waals surface area (Å²) in [5.41, 5.74) is 2.83. The first kappa shape index (κ1) is 19.3. The first-order chi connectivity index (χ1) is 12.7. The van der Waals surface area contributed by atoms with Gasteiger partial charge in [0.25, 0.3) is 5.91 Å². The van der Waals surface area contributed by atoms with Gasteiger partial charge in [-0.15, -0.1) is 0 Å². The maximum atomic E-state index is 12.5. The Labute approximate surface area is 159 Å². The maximum absolute atomic E-state index is 12.5. The van der Waals surface area contributed by atoms with Crippen molar-refractivity contribution in [1.82, 2.24) is 4.98 Å².